The predicted octanol–water partition coefficient (Wildman–Crippen LogP) is 5.96. The summed E-state index contributed by atoms with van der Waals surface area (Å²) in [6.07, 6.45) is 0. The second-order valence-corrected chi connectivity index (χ2v) is 7.94. The zero-order chi connectivity index (χ0) is 19.8. The minimum absolute atomic E-state index is 0.396. The topological polar surface area (TPSA) is 52.3 Å². The highest BCUT2D eigenvalue weighted by atomic mass is 32.1. The highest BCUT2D eigenvalue weighted by Crippen LogP contribution is 2.30. The Labute approximate surface area is 171 Å². The van der Waals surface area contributed by atoms with Crippen LogP contribution in [0.4, 0.5) is 0 Å². The molecular formula is C24H17NO3S. The molecule has 5 aromatic rings. The number of aryl methyl sites for hydroxylation is 1. The van der Waals surface area contributed by atoms with Gasteiger partial charge in [0.25, 0.3) is 0 Å². The number of rotatable bonds is 4. The molecule has 142 valence electrons. The van der Waals surface area contributed by atoms with Crippen molar-refractivity contribution in [2.75, 3.05) is 0 Å². The molecule has 0 atom stereocenters. The summed E-state index contributed by atoms with van der Waals surface area (Å²) in [5.41, 5.74) is 3.76. The van der Waals surface area contributed by atoms with Crippen LogP contribution in [-0.2, 0) is 6.61 Å². The van der Waals surface area contributed by atoms with E-state index in [9.17, 15) is 4.79 Å². The molecule has 2 heterocycles. The van der Waals surface area contributed by atoms with Gasteiger partial charge >= 0.3 is 5.63 Å². The van der Waals surface area contributed by atoms with E-state index in [1.807, 2.05) is 54.6 Å². The van der Waals surface area contributed by atoms with Gasteiger partial charge < -0.3 is 9.15 Å². The first-order valence-electron chi connectivity index (χ1n) is 9.28. The van der Waals surface area contributed by atoms with E-state index in [1.165, 1.54) is 16.9 Å². The maximum Gasteiger partial charge on any atom is 0.346 e. The second-order valence-electron chi connectivity index (χ2n) is 6.91. The molecule has 0 saturated heterocycles. The van der Waals surface area contributed by atoms with Crippen LogP contribution >= 0.6 is 11.3 Å². The van der Waals surface area contributed by atoms with Crippen molar-refractivity contribution < 1.29 is 9.15 Å². The standard InChI is InChI=1S/C24H17NO3S/c1-15-6-8-16(9-7-15)14-27-18-11-10-17-12-19(24(26)28-21(17)13-18)23-25-20-4-2-3-5-22(20)29-23/h2-13H,14H2,1H3. The lowest BCUT2D eigenvalue weighted by Crippen LogP contribution is -2.02. The van der Waals surface area contributed by atoms with E-state index >= 15 is 0 Å². The molecule has 0 N–H and O–H groups in total. The Kier molecular flexibility index (Phi) is 4.37. The summed E-state index contributed by atoms with van der Waals surface area (Å²) in [6, 6.07) is 23.4. The van der Waals surface area contributed by atoms with E-state index in [0.717, 1.165) is 21.2 Å². The van der Waals surface area contributed by atoms with E-state index in [4.69, 9.17) is 9.15 Å². The SMILES string of the molecule is Cc1ccc(COc2ccc3cc(-c4nc5ccccc5s4)c(=O)oc3c2)cc1. The van der Waals surface area contributed by atoms with Gasteiger partial charge in [-0.2, -0.15) is 0 Å². The number of benzene rings is 3. The fraction of sp³-hybridized carbons (Fsp3) is 0.0833. The highest BCUT2D eigenvalue weighted by Gasteiger charge is 2.13. The van der Waals surface area contributed by atoms with Crippen molar-refractivity contribution in [3.8, 4) is 16.3 Å². The molecule has 0 aliphatic heterocycles. The smallest absolute Gasteiger partial charge is 0.346 e. The van der Waals surface area contributed by atoms with Crippen molar-refractivity contribution in [1.29, 1.82) is 0 Å². The molecule has 4 nitrogen and oxygen atoms in total. The van der Waals surface area contributed by atoms with Crippen molar-refractivity contribution in [3.63, 3.8) is 0 Å². The van der Waals surface area contributed by atoms with Crippen LogP contribution in [0.3, 0.4) is 0 Å². The van der Waals surface area contributed by atoms with Crippen molar-refractivity contribution >= 4 is 32.5 Å². The summed E-state index contributed by atoms with van der Waals surface area (Å²) >= 11 is 1.49. The molecule has 5 heteroatoms. The summed E-state index contributed by atoms with van der Waals surface area (Å²) in [6.45, 7) is 2.51. The van der Waals surface area contributed by atoms with Crippen molar-refractivity contribution in [2.24, 2.45) is 0 Å². The maximum absolute atomic E-state index is 12.6. The van der Waals surface area contributed by atoms with Gasteiger partial charge in [-0.25, -0.2) is 9.78 Å². The van der Waals surface area contributed by atoms with E-state index in [-0.39, 0.29) is 0 Å². The first-order valence-corrected chi connectivity index (χ1v) is 10.1. The number of thiazole rings is 1. The third-order valence-corrected chi connectivity index (χ3v) is 5.83. The van der Waals surface area contributed by atoms with E-state index in [1.54, 1.807) is 6.07 Å². The summed E-state index contributed by atoms with van der Waals surface area (Å²) < 4.78 is 12.5. The monoisotopic (exact) mass is 399 g/mol. The summed E-state index contributed by atoms with van der Waals surface area (Å²) in [5.74, 6) is 0.661. The maximum atomic E-state index is 12.6. The lowest BCUT2D eigenvalue weighted by atomic mass is 10.1. The van der Waals surface area contributed by atoms with Crippen LogP contribution < -0.4 is 10.4 Å². The summed E-state index contributed by atoms with van der Waals surface area (Å²) in [7, 11) is 0. The number of fused-ring (bicyclic) bond motifs is 2. The molecule has 0 fully saturated rings. The number of hydrogen-bond donors (Lipinski definition) is 0. The zero-order valence-electron chi connectivity index (χ0n) is 15.7. The third kappa shape index (κ3) is 3.52. The summed E-state index contributed by atoms with van der Waals surface area (Å²) in [4.78, 5) is 17.2. The Bertz CT molecular complexity index is 1350. The number of para-hydroxylation sites is 1. The number of nitrogens with zero attached hydrogens (tertiary/aromatic N) is 1. The van der Waals surface area contributed by atoms with Gasteiger partial charge in [-0.05, 0) is 42.8 Å². The Morgan fingerprint density at radius 1 is 1.00 bits per heavy atom. The van der Waals surface area contributed by atoms with Crippen LogP contribution in [-0.4, -0.2) is 4.98 Å². The first kappa shape index (κ1) is 17.6. The number of aromatic nitrogens is 1. The molecular weight excluding hydrogens is 382 g/mol. The highest BCUT2D eigenvalue weighted by molar-refractivity contribution is 7.21. The average molecular weight is 399 g/mol. The molecule has 0 aliphatic carbocycles. The lowest BCUT2D eigenvalue weighted by molar-refractivity contribution is 0.306. The van der Waals surface area contributed by atoms with Gasteiger partial charge in [0.2, 0.25) is 0 Å². The van der Waals surface area contributed by atoms with Crippen LogP contribution in [0, 0.1) is 6.92 Å². The minimum atomic E-state index is -0.396. The molecule has 0 amide bonds. The van der Waals surface area contributed by atoms with Gasteiger partial charge in [-0.15, -0.1) is 11.3 Å². The Morgan fingerprint density at radius 2 is 1.83 bits per heavy atom. The third-order valence-electron chi connectivity index (χ3n) is 4.76. The molecule has 0 spiro atoms. The Morgan fingerprint density at radius 3 is 2.66 bits per heavy atom. The van der Waals surface area contributed by atoms with Crippen molar-refractivity contribution in [3.05, 3.63) is 94.3 Å². The minimum Gasteiger partial charge on any atom is -0.489 e. The van der Waals surface area contributed by atoms with Gasteiger partial charge in [-0.3, -0.25) is 0 Å². The molecule has 3 aromatic carbocycles. The molecule has 29 heavy (non-hydrogen) atoms. The largest absolute Gasteiger partial charge is 0.489 e. The molecule has 0 unspecified atom stereocenters. The van der Waals surface area contributed by atoms with Gasteiger partial charge in [0.1, 0.15) is 22.9 Å². The average Bonchev–Trinajstić information content (AvgIpc) is 3.16. The zero-order valence-corrected chi connectivity index (χ0v) is 16.5. The molecule has 0 bridgehead atoms. The summed E-state index contributed by atoms with van der Waals surface area (Å²) in [5, 5.41) is 1.50. The van der Waals surface area contributed by atoms with Crippen LogP contribution in [0.15, 0.2) is 82.0 Å². The van der Waals surface area contributed by atoms with Gasteiger partial charge in [0, 0.05) is 11.5 Å². The van der Waals surface area contributed by atoms with Crippen LogP contribution in [0.1, 0.15) is 11.1 Å². The van der Waals surface area contributed by atoms with Crippen LogP contribution in [0.2, 0.25) is 0 Å². The normalized spacial score (nSPS) is 11.2. The fourth-order valence-electron chi connectivity index (χ4n) is 3.17. The van der Waals surface area contributed by atoms with E-state index in [0.29, 0.717) is 28.5 Å². The van der Waals surface area contributed by atoms with Gasteiger partial charge in [0.15, 0.2) is 0 Å². The second kappa shape index (κ2) is 7.18. The Balaban J connectivity index is 1.45. The molecule has 2 aromatic heterocycles. The Hall–Kier alpha value is -3.44. The van der Waals surface area contributed by atoms with E-state index < -0.39 is 5.63 Å². The van der Waals surface area contributed by atoms with E-state index in [2.05, 4.69) is 24.0 Å². The van der Waals surface area contributed by atoms with Crippen LogP contribution in [0.25, 0.3) is 31.8 Å². The number of ether oxygens (including phenoxy) is 1. The number of hydrogen-bond acceptors (Lipinski definition) is 5. The van der Waals surface area contributed by atoms with Crippen molar-refractivity contribution in [2.45, 2.75) is 13.5 Å². The van der Waals surface area contributed by atoms with Crippen molar-refractivity contribution in [1.82, 2.24) is 4.98 Å². The lowest BCUT2D eigenvalue weighted by Gasteiger charge is -2.07. The molecule has 0 radical (unpaired) electrons. The first-order chi connectivity index (χ1) is 14.2. The molecule has 0 saturated carbocycles. The van der Waals surface area contributed by atoms with Gasteiger partial charge in [0.05, 0.1) is 15.8 Å². The molecule has 0 aliphatic rings. The molecule has 5 rings (SSSR count). The van der Waals surface area contributed by atoms with Crippen LogP contribution in [0.5, 0.6) is 5.75 Å². The predicted molar refractivity (Wildman–Crippen MR) is 117 cm³/mol. The van der Waals surface area contributed by atoms with Gasteiger partial charge in [-0.1, -0.05) is 42.0 Å². The quantitative estimate of drug-likeness (QED) is 0.350. The fourth-order valence-corrected chi connectivity index (χ4v) is 4.14.